The molecule has 0 saturated carbocycles. The topological polar surface area (TPSA) is 110 Å². The van der Waals surface area contributed by atoms with Gasteiger partial charge in [-0.25, -0.2) is 4.98 Å². The standard InChI is InChI=1S/C31H29N5O4S/c1-20(37)36-15-13-25(14-16-36)39-24-10-8-23(9-11-24)32-28(38)18-29-34-35-30(40-29)19-31-33-26-12-7-22(17-27(26)41-31)21-5-3-2-4-6-21/h2-12,17,25H,13-16,18-19H2,1H3,(H,32,38). The van der Waals surface area contributed by atoms with Crippen LogP contribution >= 0.6 is 11.3 Å². The van der Waals surface area contributed by atoms with Crippen molar-refractivity contribution in [3.8, 4) is 16.9 Å². The molecule has 1 saturated heterocycles. The number of aromatic nitrogens is 3. The van der Waals surface area contributed by atoms with E-state index in [0.29, 0.717) is 31.1 Å². The third-order valence-electron chi connectivity index (χ3n) is 6.99. The summed E-state index contributed by atoms with van der Waals surface area (Å²) in [7, 11) is 0. The quantitative estimate of drug-likeness (QED) is 0.263. The maximum atomic E-state index is 12.6. The van der Waals surface area contributed by atoms with Crippen LogP contribution in [0.4, 0.5) is 5.69 Å². The van der Waals surface area contributed by atoms with Gasteiger partial charge in [0, 0.05) is 38.5 Å². The number of fused-ring (bicyclic) bond motifs is 1. The molecule has 5 aromatic rings. The molecule has 2 amide bonds. The molecule has 1 fully saturated rings. The van der Waals surface area contributed by atoms with E-state index in [0.717, 1.165) is 44.9 Å². The zero-order chi connectivity index (χ0) is 28.2. The van der Waals surface area contributed by atoms with Crippen molar-refractivity contribution in [1.82, 2.24) is 20.1 Å². The second kappa shape index (κ2) is 11.9. The van der Waals surface area contributed by atoms with Gasteiger partial charge in [0.25, 0.3) is 0 Å². The summed E-state index contributed by atoms with van der Waals surface area (Å²) in [4.78, 5) is 30.6. The Morgan fingerprint density at radius 1 is 0.976 bits per heavy atom. The first-order valence-corrected chi connectivity index (χ1v) is 14.4. The summed E-state index contributed by atoms with van der Waals surface area (Å²) in [5.74, 6) is 1.26. The minimum Gasteiger partial charge on any atom is -0.490 e. The maximum Gasteiger partial charge on any atom is 0.233 e. The van der Waals surface area contributed by atoms with Gasteiger partial charge in [0.15, 0.2) is 0 Å². The number of nitrogens with one attached hydrogen (secondary N) is 1. The number of carbonyl (C=O) groups is 2. The molecule has 2 aromatic heterocycles. The molecular weight excluding hydrogens is 538 g/mol. The van der Waals surface area contributed by atoms with E-state index < -0.39 is 0 Å². The average Bonchev–Trinajstić information content (AvgIpc) is 3.60. The number of hydrogen-bond donors (Lipinski definition) is 1. The third-order valence-corrected chi connectivity index (χ3v) is 8.01. The van der Waals surface area contributed by atoms with Crippen molar-refractivity contribution in [2.75, 3.05) is 18.4 Å². The Morgan fingerprint density at radius 2 is 1.73 bits per heavy atom. The molecule has 0 atom stereocenters. The van der Waals surface area contributed by atoms with Crippen LogP contribution < -0.4 is 10.1 Å². The second-order valence-electron chi connectivity index (χ2n) is 10.00. The van der Waals surface area contributed by atoms with Crippen LogP contribution in [0.5, 0.6) is 5.75 Å². The van der Waals surface area contributed by atoms with Crippen molar-refractivity contribution >= 4 is 39.1 Å². The Labute approximate surface area is 241 Å². The predicted molar refractivity (Wildman–Crippen MR) is 157 cm³/mol. The summed E-state index contributed by atoms with van der Waals surface area (Å²) >= 11 is 1.59. The molecule has 1 N–H and O–H groups in total. The lowest BCUT2D eigenvalue weighted by atomic mass is 10.1. The first-order valence-electron chi connectivity index (χ1n) is 13.6. The van der Waals surface area contributed by atoms with Gasteiger partial charge in [-0.3, -0.25) is 9.59 Å². The predicted octanol–water partition coefficient (Wildman–Crippen LogP) is 5.51. The molecule has 10 heteroatoms. The van der Waals surface area contributed by atoms with E-state index in [1.807, 2.05) is 41.3 Å². The lowest BCUT2D eigenvalue weighted by molar-refractivity contribution is -0.130. The number of thiazole rings is 1. The summed E-state index contributed by atoms with van der Waals surface area (Å²) in [6.07, 6.45) is 2.06. The van der Waals surface area contributed by atoms with Crippen LogP contribution in [-0.4, -0.2) is 51.1 Å². The summed E-state index contributed by atoms with van der Waals surface area (Å²) < 4.78 is 12.9. The minimum absolute atomic E-state index is 0.0275. The fraction of sp³-hybridized carbons (Fsp3) is 0.258. The minimum atomic E-state index is -0.251. The molecule has 9 nitrogen and oxygen atoms in total. The number of likely N-dealkylation sites (tertiary alicyclic amines) is 1. The average molecular weight is 568 g/mol. The number of hydrogen-bond acceptors (Lipinski definition) is 8. The number of nitrogens with zero attached hydrogens (tertiary/aromatic N) is 4. The molecule has 208 valence electrons. The molecule has 3 heterocycles. The summed E-state index contributed by atoms with van der Waals surface area (Å²) in [5, 5.41) is 11.9. The van der Waals surface area contributed by atoms with Gasteiger partial charge in [-0.1, -0.05) is 36.4 Å². The first kappa shape index (κ1) is 26.6. The number of amides is 2. The molecule has 1 aliphatic rings. The zero-order valence-electron chi connectivity index (χ0n) is 22.6. The Kier molecular flexibility index (Phi) is 7.73. The molecule has 0 spiro atoms. The summed E-state index contributed by atoms with van der Waals surface area (Å²) in [5.41, 5.74) is 3.89. The van der Waals surface area contributed by atoms with Crippen LogP contribution in [0, 0.1) is 0 Å². The molecule has 41 heavy (non-hydrogen) atoms. The SMILES string of the molecule is CC(=O)N1CCC(Oc2ccc(NC(=O)Cc3nnc(Cc4nc5ccc(-c6ccccc6)cc5s4)o3)cc2)CC1. The van der Waals surface area contributed by atoms with Crippen LogP contribution in [0.15, 0.2) is 77.2 Å². The van der Waals surface area contributed by atoms with Gasteiger partial charge in [-0.05, 0) is 47.5 Å². The van der Waals surface area contributed by atoms with E-state index in [1.54, 1.807) is 30.4 Å². The summed E-state index contributed by atoms with van der Waals surface area (Å²) in [6, 6.07) is 23.8. The molecule has 0 bridgehead atoms. The smallest absolute Gasteiger partial charge is 0.233 e. The number of benzene rings is 3. The van der Waals surface area contributed by atoms with Gasteiger partial charge >= 0.3 is 0 Å². The summed E-state index contributed by atoms with van der Waals surface area (Å²) in [6.45, 7) is 3.01. The van der Waals surface area contributed by atoms with Gasteiger partial charge in [0.2, 0.25) is 23.6 Å². The fourth-order valence-corrected chi connectivity index (χ4v) is 5.86. The Balaban J connectivity index is 1.01. The van der Waals surface area contributed by atoms with Crippen LogP contribution in [0.3, 0.4) is 0 Å². The van der Waals surface area contributed by atoms with Crippen LogP contribution in [0.1, 0.15) is 36.6 Å². The molecule has 0 aliphatic carbocycles. The monoisotopic (exact) mass is 567 g/mol. The number of anilines is 1. The lowest BCUT2D eigenvalue weighted by Crippen LogP contribution is -2.40. The van der Waals surface area contributed by atoms with Gasteiger partial charge in [0.05, 0.1) is 16.6 Å². The number of ether oxygens (including phenoxy) is 1. The van der Waals surface area contributed by atoms with Gasteiger partial charge in [-0.15, -0.1) is 21.5 Å². The number of piperidine rings is 1. The normalized spacial score (nSPS) is 13.8. The molecule has 0 unspecified atom stereocenters. The van der Waals surface area contributed by atoms with Crippen molar-refractivity contribution in [3.63, 3.8) is 0 Å². The van der Waals surface area contributed by atoms with Gasteiger partial charge < -0.3 is 19.4 Å². The van der Waals surface area contributed by atoms with Crippen LogP contribution in [-0.2, 0) is 22.4 Å². The van der Waals surface area contributed by atoms with Crippen molar-refractivity contribution < 1.29 is 18.7 Å². The fourth-order valence-electron chi connectivity index (χ4n) is 4.86. The van der Waals surface area contributed by atoms with Crippen molar-refractivity contribution in [1.29, 1.82) is 0 Å². The highest BCUT2D eigenvalue weighted by atomic mass is 32.1. The Hall–Kier alpha value is -4.57. The van der Waals surface area contributed by atoms with E-state index in [9.17, 15) is 9.59 Å². The van der Waals surface area contributed by atoms with Crippen LogP contribution in [0.2, 0.25) is 0 Å². The highest BCUT2D eigenvalue weighted by Gasteiger charge is 2.22. The molecule has 3 aromatic carbocycles. The number of carbonyl (C=O) groups excluding carboxylic acids is 2. The highest BCUT2D eigenvalue weighted by molar-refractivity contribution is 7.18. The zero-order valence-corrected chi connectivity index (χ0v) is 23.4. The first-order chi connectivity index (χ1) is 20.0. The molecule has 0 radical (unpaired) electrons. The van der Waals surface area contributed by atoms with Crippen molar-refractivity contribution in [2.45, 2.75) is 38.7 Å². The van der Waals surface area contributed by atoms with E-state index in [4.69, 9.17) is 14.1 Å². The highest BCUT2D eigenvalue weighted by Crippen LogP contribution is 2.29. The Bertz CT molecular complexity index is 1660. The molecular formula is C31H29N5O4S. The molecule has 6 rings (SSSR count). The van der Waals surface area contributed by atoms with Crippen LogP contribution in [0.25, 0.3) is 21.3 Å². The maximum absolute atomic E-state index is 12.6. The van der Waals surface area contributed by atoms with Crippen molar-refractivity contribution in [2.24, 2.45) is 0 Å². The van der Waals surface area contributed by atoms with Gasteiger partial charge in [0.1, 0.15) is 23.3 Å². The molecule has 1 aliphatic heterocycles. The van der Waals surface area contributed by atoms with E-state index in [-0.39, 0.29) is 30.2 Å². The number of rotatable bonds is 8. The largest absolute Gasteiger partial charge is 0.490 e. The van der Waals surface area contributed by atoms with E-state index in [2.05, 4.69) is 39.8 Å². The van der Waals surface area contributed by atoms with E-state index >= 15 is 0 Å². The Morgan fingerprint density at radius 3 is 2.49 bits per heavy atom. The third kappa shape index (κ3) is 6.60. The lowest BCUT2D eigenvalue weighted by Gasteiger charge is -2.31. The van der Waals surface area contributed by atoms with Gasteiger partial charge in [-0.2, -0.15) is 0 Å². The van der Waals surface area contributed by atoms with Crippen molar-refractivity contribution in [3.05, 3.63) is 89.6 Å². The van der Waals surface area contributed by atoms with E-state index in [1.165, 1.54) is 0 Å². The second-order valence-corrected chi connectivity index (χ2v) is 11.1.